The maximum Gasteiger partial charge on any atom is 0.306 e. The summed E-state index contributed by atoms with van der Waals surface area (Å²) in [6.45, 7) is 6.12. The van der Waals surface area contributed by atoms with Crippen LogP contribution in [0.15, 0.2) is 0 Å². The molecular formula is C15H27NO4. The normalized spacial score (nSPS) is 22.8. The largest absolute Gasteiger partial charge is 0.481 e. The van der Waals surface area contributed by atoms with Crippen LogP contribution in [-0.2, 0) is 14.3 Å². The summed E-state index contributed by atoms with van der Waals surface area (Å²) in [6.07, 6.45) is 3.61. The van der Waals surface area contributed by atoms with Crippen LogP contribution >= 0.6 is 0 Å². The highest BCUT2D eigenvalue weighted by atomic mass is 16.5. The Bertz CT molecular complexity index is 309. The fraction of sp³-hybridized carbons (Fsp3) is 0.867. The molecule has 0 aromatic rings. The SMILES string of the molecule is CC(C)CCOCCNC(=O)C1CCC(C(=O)O)CC1. The van der Waals surface area contributed by atoms with Crippen molar-refractivity contribution in [3.05, 3.63) is 0 Å². The van der Waals surface area contributed by atoms with E-state index in [1.54, 1.807) is 0 Å². The summed E-state index contributed by atoms with van der Waals surface area (Å²) >= 11 is 0. The third-order valence-corrected chi connectivity index (χ3v) is 3.83. The number of carbonyl (C=O) groups is 2. The minimum absolute atomic E-state index is 0.0266. The van der Waals surface area contributed by atoms with Crippen molar-refractivity contribution < 1.29 is 19.4 Å². The second-order valence-electron chi connectivity index (χ2n) is 5.97. The summed E-state index contributed by atoms with van der Waals surface area (Å²) < 4.78 is 5.44. The molecule has 0 aromatic carbocycles. The molecule has 1 saturated carbocycles. The average Bonchev–Trinajstić information content (AvgIpc) is 2.42. The van der Waals surface area contributed by atoms with Gasteiger partial charge in [-0.15, -0.1) is 0 Å². The number of hydrogen-bond acceptors (Lipinski definition) is 3. The number of hydrogen-bond donors (Lipinski definition) is 2. The first-order chi connectivity index (χ1) is 9.50. The highest BCUT2D eigenvalue weighted by Gasteiger charge is 2.29. The van der Waals surface area contributed by atoms with E-state index < -0.39 is 5.97 Å². The molecule has 116 valence electrons. The summed E-state index contributed by atoms with van der Waals surface area (Å²) in [6, 6.07) is 0. The Labute approximate surface area is 121 Å². The molecular weight excluding hydrogens is 258 g/mol. The van der Waals surface area contributed by atoms with Crippen LogP contribution in [0.3, 0.4) is 0 Å². The van der Waals surface area contributed by atoms with E-state index in [0.29, 0.717) is 44.8 Å². The van der Waals surface area contributed by atoms with Crippen LogP contribution in [0, 0.1) is 17.8 Å². The van der Waals surface area contributed by atoms with Gasteiger partial charge in [-0.3, -0.25) is 9.59 Å². The van der Waals surface area contributed by atoms with Gasteiger partial charge in [-0.05, 0) is 38.0 Å². The molecule has 0 aromatic heterocycles. The molecule has 5 nitrogen and oxygen atoms in total. The number of rotatable bonds is 8. The van der Waals surface area contributed by atoms with E-state index in [1.807, 2.05) is 0 Å². The van der Waals surface area contributed by atoms with Crippen LogP contribution < -0.4 is 5.32 Å². The third kappa shape index (κ3) is 6.37. The van der Waals surface area contributed by atoms with Crippen molar-refractivity contribution in [3.8, 4) is 0 Å². The molecule has 0 spiro atoms. The van der Waals surface area contributed by atoms with Gasteiger partial charge in [-0.25, -0.2) is 0 Å². The van der Waals surface area contributed by atoms with Gasteiger partial charge in [0.2, 0.25) is 5.91 Å². The lowest BCUT2D eigenvalue weighted by molar-refractivity contribution is -0.144. The van der Waals surface area contributed by atoms with Crippen LogP contribution in [0.25, 0.3) is 0 Å². The maximum absolute atomic E-state index is 11.9. The summed E-state index contributed by atoms with van der Waals surface area (Å²) in [5.41, 5.74) is 0. The monoisotopic (exact) mass is 285 g/mol. The summed E-state index contributed by atoms with van der Waals surface area (Å²) in [5, 5.41) is 11.8. The molecule has 1 fully saturated rings. The first kappa shape index (κ1) is 17.0. The minimum Gasteiger partial charge on any atom is -0.481 e. The van der Waals surface area contributed by atoms with Gasteiger partial charge in [0.15, 0.2) is 0 Å². The van der Waals surface area contributed by atoms with Gasteiger partial charge in [0.05, 0.1) is 12.5 Å². The predicted molar refractivity (Wildman–Crippen MR) is 76.4 cm³/mol. The molecule has 0 aliphatic heterocycles. The predicted octanol–water partition coefficient (Wildman–Crippen LogP) is 2.06. The standard InChI is InChI=1S/C15H27NO4/c1-11(2)7-9-20-10-8-16-14(17)12-3-5-13(6-4-12)15(18)19/h11-13H,3-10H2,1-2H3,(H,16,17)(H,18,19). The Morgan fingerprint density at radius 1 is 1.15 bits per heavy atom. The van der Waals surface area contributed by atoms with Crippen LogP contribution in [0.4, 0.5) is 0 Å². The molecule has 0 atom stereocenters. The van der Waals surface area contributed by atoms with Gasteiger partial charge in [0.25, 0.3) is 0 Å². The fourth-order valence-electron chi connectivity index (χ4n) is 2.41. The Morgan fingerprint density at radius 2 is 1.75 bits per heavy atom. The second-order valence-corrected chi connectivity index (χ2v) is 5.97. The van der Waals surface area contributed by atoms with Crippen molar-refractivity contribution in [1.29, 1.82) is 0 Å². The number of carbonyl (C=O) groups excluding carboxylic acids is 1. The van der Waals surface area contributed by atoms with Crippen LogP contribution in [0.2, 0.25) is 0 Å². The maximum atomic E-state index is 11.9. The molecule has 0 unspecified atom stereocenters. The number of aliphatic carboxylic acids is 1. The molecule has 20 heavy (non-hydrogen) atoms. The van der Waals surface area contributed by atoms with Crippen molar-refractivity contribution in [2.75, 3.05) is 19.8 Å². The summed E-state index contributed by atoms with van der Waals surface area (Å²) in [5.74, 6) is -0.350. The summed E-state index contributed by atoms with van der Waals surface area (Å²) in [4.78, 5) is 22.7. The minimum atomic E-state index is -0.734. The van der Waals surface area contributed by atoms with Crippen LogP contribution in [0.5, 0.6) is 0 Å². The molecule has 0 bridgehead atoms. The first-order valence-electron chi connectivity index (χ1n) is 7.59. The molecule has 0 heterocycles. The Morgan fingerprint density at radius 3 is 2.30 bits per heavy atom. The van der Waals surface area contributed by atoms with E-state index >= 15 is 0 Å². The van der Waals surface area contributed by atoms with Crippen molar-refractivity contribution >= 4 is 11.9 Å². The third-order valence-electron chi connectivity index (χ3n) is 3.83. The fourth-order valence-corrected chi connectivity index (χ4v) is 2.41. The molecule has 1 rings (SSSR count). The molecule has 1 amide bonds. The number of carboxylic acid groups (broad SMARTS) is 1. The topological polar surface area (TPSA) is 75.6 Å². The van der Waals surface area contributed by atoms with E-state index in [4.69, 9.17) is 9.84 Å². The lowest BCUT2D eigenvalue weighted by Gasteiger charge is -2.25. The zero-order valence-electron chi connectivity index (χ0n) is 12.6. The Balaban J connectivity index is 2.07. The molecule has 1 aliphatic rings. The summed E-state index contributed by atoms with van der Waals surface area (Å²) in [7, 11) is 0. The van der Waals surface area contributed by atoms with Crippen molar-refractivity contribution in [1.82, 2.24) is 5.32 Å². The first-order valence-corrected chi connectivity index (χ1v) is 7.59. The molecule has 2 N–H and O–H groups in total. The van der Waals surface area contributed by atoms with E-state index in [2.05, 4.69) is 19.2 Å². The Kier molecular flexibility index (Phi) is 7.59. The van der Waals surface area contributed by atoms with Crippen LogP contribution in [-0.4, -0.2) is 36.7 Å². The van der Waals surface area contributed by atoms with Gasteiger partial charge in [-0.1, -0.05) is 13.8 Å². The van der Waals surface area contributed by atoms with E-state index in [-0.39, 0.29) is 17.7 Å². The van der Waals surface area contributed by atoms with Crippen LogP contribution in [0.1, 0.15) is 46.0 Å². The van der Waals surface area contributed by atoms with Crippen molar-refractivity contribution in [2.45, 2.75) is 46.0 Å². The van der Waals surface area contributed by atoms with Crippen molar-refractivity contribution in [2.24, 2.45) is 17.8 Å². The number of ether oxygens (including phenoxy) is 1. The highest BCUT2D eigenvalue weighted by molar-refractivity contribution is 5.79. The zero-order valence-corrected chi connectivity index (χ0v) is 12.6. The van der Waals surface area contributed by atoms with Crippen molar-refractivity contribution in [3.63, 3.8) is 0 Å². The number of nitrogens with one attached hydrogen (secondary N) is 1. The average molecular weight is 285 g/mol. The number of amides is 1. The van der Waals surface area contributed by atoms with Gasteiger partial charge in [0.1, 0.15) is 0 Å². The van der Waals surface area contributed by atoms with E-state index in [0.717, 1.165) is 13.0 Å². The molecule has 1 aliphatic carbocycles. The smallest absolute Gasteiger partial charge is 0.306 e. The molecule has 5 heteroatoms. The lowest BCUT2D eigenvalue weighted by atomic mass is 9.81. The molecule has 0 radical (unpaired) electrons. The van der Waals surface area contributed by atoms with E-state index in [9.17, 15) is 9.59 Å². The van der Waals surface area contributed by atoms with Gasteiger partial charge in [-0.2, -0.15) is 0 Å². The van der Waals surface area contributed by atoms with Gasteiger partial charge >= 0.3 is 5.97 Å². The zero-order chi connectivity index (χ0) is 15.0. The highest BCUT2D eigenvalue weighted by Crippen LogP contribution is 2.28. The number of carboxylic acids is 1. The second kappa shape index (κ2) is 8.95. The molecule has 0 saturated heterocycles. The Hall–Kier alpha value is -1.10. The quantitative estimate of drug-likeness (QED) is 0.669. The lowest BCUT2D eigenvalue weighted by Crippen LogP contribution is -2.36. The van der Waals surface area contributed by atoms with Gasteiger partial charge < -0.3 is 15.2 Å². The van der Waals surface area contributed by atoms with E-state index in [1.165, 1.54) is 0 Å². The van der Waals surface area contributed by atoms with Gasteiger partial charge in [0, 0.05) is 19.1 Å².